The largest absolute Gasteiger partial charge is 0.391 e. The number of halogens is 4. The molecular formula is C16H9Cl2F2NO2. The first-order valence-corrected chi connectivity index (χ1v) is 7.28. The fraction of sp³-hybridized carbons (Fsp3) is 0.0625. The summed E-state index contributed by atoms with van der Waals surface area (Å²) in [6, 6.07) is 8.22. The summed E-state index contributed by atoms with van der Waals surface area (Å²) in [4.78, 5) is 0. The zero-order valence-electron chi connectivity index (χ0n) is 11.5. The summed E-state index contributed by atoms with van der Waals surface area (Å²) in [6.07, 6.45) is 0. The van der Waals surface area contributed by atoms with Gasteiger partial charge < -0.3 is 9.63 Å². The van der Waals surface area contributed by atoms with Crippen molar-refractivity contribution < 1.29 is 18.4 Å². The number of benzene rings is 2. The summed E-state index contributed by atoms with van der Waals surface area (Å²) in [5.74, 6) is -1.34. The van der Waals surface area contributed by atoms with Gasteiger partial charge >= 0.3 is 0 Å². The van der Waals surface area contributed by atoms with Gasteiger partial charge in [0.1, 0.15) is 17.3 Å². The molecule has 2 aromatic carbocycles. The first kappa shape index (κ1) is 15.9. The third-order valence-corrected chi connectivity index (χ3v) is 3.97. The van der Waals surface area contributed by atoms with Gasteiger partial charge in [0.25, 0.3) is 0 Å². The normalized spacial score (nSPS) is 11.0. The van der Waals surface area contributed by atoms with Crippen molar-refractivity contribution in [1.29, 1.82) is 0 Å². The molecule has 0 saturated heterocycles. The Hall–Kier alpha value is -1.95. The van der Waals surface area contributed by atoms with Crippen LogP contribution in [-0.4, -0.2) is 10.3 Å². The van der Waals surface area contributed by atoms with Crippen molar-refractivity contribution in [3.8, 4) is 22.6 Å². The van der Waals surface area contributed by atoms with Gasteiger partial charge in [0.15, 0.2) is 5.76 Å². The molecule has 1 heterocycles. The Morgan fingerprint density at radius 2 is 1.52 bits per heavy atom. The minimum Gasteiger partial charge on any atom is -0.391 e. The van der Waals surface area contributed by atoms with E-state index < -0.39 is 18.2 Å². The van der Waals surface area contributed by atoms with E-state index in [4.69, 9.17) is 27.7 Å². The Kier molecular flexibility index (Phi) is 4.35. The van der Waals surface area contributed by atoms with Crippen molar-refractivity contribution in [3.05, 3.63) is 63.6 Å². The molecule has 0 saturated carbocycles. The van der Waals surface area contributed by atoms with Gasteiger partial charge in [0.2, 0.25) is 0 Å². The van der Waals surface area contributed by atoms with Crippen molar-refractivity contribution in [2.75, 3.05) is 0 Å². The Labute approximate surface area is 140 Å². The van der Waals surface area contributed by atoms with E-state index >= 15 is 0 Å². The third kappa shape index (κ3) is 2.72. The van der Waals surface area contributed by atoms with Crippen molar-refractivity contribution in [3.63, 3.8) is 0 Å². The molecule has 3 aromatic rings. The first-order valence-electron chi connectivity index (χ1n) is 6.52. The second-order valence-electron chi connectivity index (χ2n) is 4.69. The molecule has 1 N–H and O–H groups in total. The van der Waals surface area contributed by atoms with Gasteiger partial charge in [-0.25, -0.2) is 8.78 Å². The molecule has 0 aliphatic rings. The molecule has 0 bridgehead atoms. The summed E-state index contributed by atoms with van der Waals surface area (Å²) in [7, 11) is 0. The molecule has 0 unspecified atom stereocenters. The molecular weight excluding hydrogens is 347 g/mol. The van der Waals surface area contributed by atoms with Crippen molar-refractivity contribution in [2.45, 2.75) is 6.61 Å². The molecule has 23 heavy (non-hydrogen) atoms. The van der Waals surface area contributed by atoms with Gasteiger partial charge in [0.05, 0.1) is 33.3 Å². The van der Waals surface area contributed by atoms with Crippen molar-refractivity contribution in [1.82, 2.24) is 5.16 Å². The Balaban J connectivity index is 2.27. The van der Waals surface area contributed by atoms with E-state index in [0.717, 1.165) is 0 Å². The van der Waals surface area contributed by atoms with Crippen LogP contribution in [0.1, 0.15) is 5.56 Å². The highest BCUT2D eigenvalue weighted by atomic mass is 35.5. The van der Waals surface area contributed by atoms with Crippen LogP contribution >= 0.6 is 23.2 Å². The van der Waals surface area contributed by atoms with Crippen LogP contribution in [-0.2, 0) is 6.61 Å². The summed E-state index contributed by atoms with van der Waals surface area (Å²) >= 11 is 12.0. The van der Waals surface area contributed by atoms with E-state index in [1.54, 1.807) is 0 Å². The van der Waals surface area contributed by atoms with Crippen LogP contribution in [0.15, 0.2) is 40.9 Å². The van der Waals surface area contributed by atoms with E-state index in [0.29, 0.717) is 0 Å². The SMILES string of the molecule is OCc1c(-c2c(F)cccc2Cl)noc1-c1c(F)cccc1Cl. The van der Waals surface area contributed by atoms with E-state index in [9.17, 15) is 13.9 Å². The van der Waals surface area contributed by atoms with Crippen LogP contribution in [0.3, 0.4) is 0 Å². The molecule has 118 valence electrons. The van der Waals surface area contributed by atoms with Crippen molar-refractivity contribution in [2.24, 2.45) is 0 Å². The molecule has 0 aliphatic heterocycles. The number of rotatable bonds is 3. The highest BCUT2D eigenvalue weighted by molar-refractivity contribution is 6.34. The lowest BCUT2D eigenvalue weighted by atomic mass is 10.0. The summed E-state index contributed by atoms with van der Waals surface area (Å²) < 4.78 is 33.3. The number of aliphatic hydroxyl groups is 1. The van der Waals surface area contributed by atoms with Gasteiger partial charge in [-0.2, -0.15) is 0 Å². The molecule has 0 amide bonds. The average Bonchev–Trinajstić information content (AvgIpc) is 2.90. The molecule has 1 aromatic heterocycles. The predicted molar refractivity (Wildman–Crippen MR) is 83.2 cm³/mol. The molecule has 3 rings (SSSR count). The monoisotopic (exact) mass is 355 g/mol. The maximum Gasteiger partial charge on any atom is 0.177 e. The fourth-order valence-corrected chi connectivity index (χ4v) is 2.79. The van der Waals surface area contributed by atoms with Gasteiger partial charge in [-0.05, 0) is 24.3 Å². The smallest absolute Gasteiger partial charge is 0.177 e. The van der Waals surface area contributed by atoms with E-state index in [1.807, 2.05) is 0 Å². The highest BCUT2D eigenvalue weighted by Crippen LogP contribution is 2.39. The number of aromatic nitrogens is 1. The molecule has 3 nitrogen and oxygen atoms in total. The first-order chi connectivity index (χ1) is 11.0. The van der Waals surface area contributed by atoms with Gasteiger partial charge in [0, 0.05) is 0 Å². The fourth-order valence-electron chi connectivity index (χ4n) is 2.29. The number of nitrogens with zero attached hydrogens (tertiary/aromatic N) is 1. The number of hydrogen-bond acceptors (Lipinski definition) is 3. The van der Waals surface area contributed by atoms with E-state index in [-0.39, 0.29) is 38.2 Å². The van der Waals surface area contributed by atoms with Gasteiger partial charge in [-0.1, -0.05) is 40.5 Å². The van der Waals surface area contributed by atoms with Crippen LogP contribution in [0.2, 0.25) is 10.0 Å². The summed E-state index contributed by atoms with van der Waals surface area (Å²) in [6.45, 7) is -0.552. The summed E-state index contributed by atoms with van der Waals surface area (Å²) in [5.41, 5.74) is 0.0269. The minimum atomic E-state index is -0.644. The van der Waals surface area contributed by atoms with Crippen LogP contribution in [0.5, 0.6) is 0 Å². The van der Waals surface area contributed by atoms with Crippen LogP contribution in [0, 0.1) is 11.6 Å². The lowest BCUT2D eigenvalue weighted by Gasteiger charge is -2.06. The molecule has 0 fully saturated rings. The molecule has 0 atom stereocenters. The maximum absolute atomic E-state index is 14.1. The lowest BCUT2D eigenvalue weighted by Crippen LogP contribution is -1.94. The predicted octanol–water partition coefficient (Wildman–Crippen LogP) is 5.09. The van der Waals surface area contributed by atoms with Crippen molar-refractivity contribution >= 4 is 23.2 Å². The minimum absolute atomic E-state index is 0.00456. The highest BCUT2D eigenvalue weighted by Gasteiger charge is 2.25. The Morgan fingerprint density at radius 1 is 0.957 bits per heavy atom. The second kappa shape index (κ2) is 6.28. The van der Waals surface area contributed by atoms with E-state index in [1.165, 1.54) is 36.4 Å². The second-order valence-corrected chi connectivity index (χ2v) is 5.50. The van der Waals surface area contributed by atoms with Crippen LogP contribution in [0.4, 0.5) is 8.78 Å². The Bertz CT molecular complexity index is 771. The molecule has 0 spiro atoms. The van der Waals surface area contributed by atoms with Crippen LogP contribution < -0.4 is 0 Å². The summed E-state index contributed by atoms with van der Waals surface area (Å²) in [5, 5.41) is 13.6. The van der Waals surface area contributed by atoms with Crippen LogP contribution in [0.25, 0.3) is 22.6 Å². The molecule has 7 heteroatoms. The topological polar surface area (TPSA) is 46.3 Å². The maximum atomic E-state index is 14.1. The number of hydrogen-bond donors (Lipinski definition) is 1. The quantitative estimate of drug-likeness (QED) is 0.711. The third-order valence-electron chi connectivity index (χ3n) is 3.34. The van der Waals surface area contributed by atoms with Gasteiger partial charge in [-0.15, -0.1) is 0 Å². The zero-order chi connectivity index (χ0) is 16.6. The zero-order valence-corrected chi connectivity index (χ0v) is 13.0. The Morgan fingerprint density at radius 3 is 2.04 bits per heavy atom. The standard InChI is InChI=1S/C16H9Cl2F2NO2/c17-9-3-1-5-11(19)13(9)15-8(7-22)16(23-21-15)14-10(18)4-2-6-12(14)20/h1-6,22H,7H2. The van der Waals surface area contributed by atoms with Gasteiger partial charge in [-0.3, -0.25) is 0 Å². The molecule has 0 radical (unpaired) electrons. The molecule has 0 aliphatic carbocycles. The lowest BCUT2D eigenvalue weighted by molar-refractivity contribution is 0.281. The number of aliphatic hydroxyl groups excluding tert-OH is 1. The van der Waals surface area contributed by atoms with E-state index in [2.05, 4.69) is 5.16 Å². The average molecular weight is 356 g/mol.